The first kappa shape index (κ1) is 31.5. The Morgan fingerprint density at radius 3 is 1.55 bits per heavy atom. The molecule has 0 spiro atoms. The third-order valence-electron chi connectivity index (χ3n) is 5.81. The average Bonchev–Trinajstić information content (AvgIpc) is 2.91. The molecule has 4 atom stereocenters. The van der Waals surface area contributed by atoms with Crippen molar-refractivity contribution in [3.63, 3.8) is 0 Å². The Morgan fingerprint density at radius 1 is 0.675 bits per heavy atom. The van der Waals surface area contributed by atoms with Crippen molar-refractivity contribution >= 4 is 29.7 Å². The molecule has 0 radical (unpaired) electrons. The number of hydrogen-bond donors (Lipinski definition) is 9. The van der Waals surface area contributed by atoms with Crippen LogP contribution in [-0.4, -0.2) is 86.0 Å². The largest absolute Gasteiger partial charge is 0.508 e. The van der Waals surface area contributed by atoms with Gasteiger partial charge in [0.15, 0.2) is 0 Å². The predicted molar refractivity (Wildman–Crippen MR) is 139 cm³/mol. The van der Waals surface area contributed by atoms with E-state index in [0.29, 0.717) is 11.1 Å². The van der Waals surface area contributed by atoms with Gasteiger partial charge in [-0.1, -0.05) is 24.3 Å². The fraction of sp³-hybridized carbons (Fsp3) is 0.346. The molecule has 4 unspecified atom stereocenters. The minimum atomic E-state index is -1.44. The summed E-state index contributed by atoms with van der Waals surface area (Å²) < 4.78 is 0. The monoisotopic (exact) mass is 560 g/mol. The SMILES string of the molecule is NC(CO)C(=O)NC(CCC(=O)O)C(=O)NC(Cc1ccc(O)cc1)C(=O)NC(Cc1ccc(O)cc1)C(=O)O. The lowest BCUT2D eigenvalue weighted by Gasteiger charge is -2.25. The van der Waals surface area contributed by atoms with Crippen LogP contribution in [0.25, 0.3) is 0 Å². The van der Waals surface area contributed by atoms with Crippen molar-refractivity contribution < 1.29 is 49.5 Å². The van der Waals surface area contributed by atoms with Gasteiger partial charge in [0.2, 0.25) is 17.7 Å². The lowest BCUT2D eigenvalue weighted by atomic mass is 10.0. The van der Waals surface area contributed by atoms with Crippen molar-refractivity contribution in [3.05, 3.63) is 59.7 Å². The third-order valence-corrected chi connectivity index (χ3v) is 5.81. The van der Waals surface area contributed by atoms with Crippen LogP contribution in [0.4, 0.5) is 0 Å². The van der Waals surface area contributed by atoms with Crippen LogP contribution in [0.2, 0.25) is 0 Å². The van der Waals surface area contributed by atoms with Crippen LogP contribution in [0.5, 0.6) is 11.5 Å². The second-order valence-corrected chi connectivity index (χ2v) is 8.98. The topological polar surface area (TPSA) is 249 Å². The van der Waals surface area contributed by atoms with Crippen LogP contribution >= 0.6 is 0 Å². The van der Waals surface area contributed by atoms with Crippen LogP contribution in [-0.2, 0) is 36.8 Å². The van der Waals surface area contributed by atoms with Gasteiger partial charge in [-0.3, -0.25) is 19.2 Å². The molecule has 0 aliphatic rings. The summed E-state index contributed by atoms with van der Waals surface area (Å²) in [6, 6.07) is 5.74. The molecule has 0 bridgehead atoms. The molecule has 0 saturated heterocycles. The number of amides is 3. The highest BCUT2D eigenvalue weighted by Crippen LogP contribution is 2.14. The fourth-order valence-corrected chi connectivity index (χ4v) is 3.59. The van der Waals surface area contributed by atoms with E-state index in [0.717, 1.165) is 0 Å². The van der Waals surface area contributed by atoms with Gasteiger partial charge in [0, 0.05) is 19.3 Å². The number of hydrogen-bond acceptors (Lipinski definition) is 9. The molecule has 2 rings (SSSR count). The van der Waals surface area contributed by atoms with Gasteiger partial charge < -0.3 is 47.2 Å². The summed E-state index contributed by atoms with van der Waals surface area (Å²) >= 11 is 0. The third kappa shape index (κ3) is 10.2. The van der Waals surface area contributed by atoms with Crippen LogP contribution in [0, 0.1) is 0 Å². The van der Waals surface area contributed by atoms with Gasteiger partial charge >= 0.3 is 11.9 Å². The first-order chi connectivity index (χ1) is 18.9. The van der Waals surface area contributed by atoms with Crippen molar-refractivity contribution in [2.45, 2.75) is 49.9 Å². The van der Waals surface area contributed by atoms with E-state index in [-0.39, 0.29) is 30.8 Å². The number of aromatic hydroxyl groups is 2. The standard InChI is InChI=1S/C26H32N4O10/c27-18(13-31)23(36)28-19(9-10-22(34)35)24(37)29-20(11-14-1-5-16(32)6-2-14)25(38)30-21(26(39)40)12-15-3-7-17(33)8-4-15/h1-8,18-21,31-33H,9-13,27H2,(H,28,36)(H,29,37)(H,30,38)(H,34,35)(H,39,40). The predicted octanol–water partition coefficient (Wildman–Crippen LogP) is -1.39. The molecular formula is C26H32N4O10. The molecule has 0 heterocycles. The number of benzene rings is 2. The maximum Gasteiger partial charge on any atom is 0.326 e. The Hall–Kier alpha value is -4.69. The molecule has 0 aliphatic carbocycles. The number of aliphatic hydroxyl groups is 1. The maximum atomic E-state index is 13.3. The zero-order valence-corrected chi connectivity index (χ0v) is 21.3. The number of rotatable bonds is 15. The summed E-state index contributed by atoms with van der Waals surface area (Å²) in [6.45, 7) is -0.734. The van der Waals surface area contributed by atoms with Crippen molar-refractivity contribution in [2.75, 3.05) is 6.61 Å². The van der Waals surface area contributed by atoms with Crippen molar-refractivity contribution in [1.82, 2.24) is 16.0 Å². The lowest BCUT2D eigenvalue weighted by Crippen LogP contribution is -2.58. The summed E-state index contributed by atoms with van der Waals surface area (Å²) in [4.78, 5) is 61.6. The molecular weight excluding hydrogens is 528 g/mol. The minimum absolute atomic E-state index is 0.0270. The Balaban J connectivity index is 2.28. The summed E-state index contributed by atoms with van der Waals surface area (Å²) in [6.07, 6.45) is -1.18. The van der Waals surface area contributed by atoms with Crippen molar-refractivity contribution in [1.29, 1.82) is 0 Å². The number of nitrogens with one attached hydrogen (secondary N) is 3. The fourth-order valence-electron chi connectivity index (χ4n) is 3.59. The number of aliphatic hydroxyl groups excluding tert-OH is 1. The van der Waals surface area contributed by atoms with Gasteiger partial charge in [-0.2, -0.15) is 0 Å². The Labute approximate surface area is 228 Å². The molecule has 0 fully saturated rings. The molecule has 216 valence electrons. The maximum absolute atomic E-state index is 13.3. The van der Waals surface area contributed by atoms with Gasteiger partial charge in [-0.25, -0.2) is 4.79 Å². The Morgan fingerprint density at radius 2 is 1.10 bits per heavy atom. The van der Waals surface area contributed by atoms with Gasteiger partial charge in [-0.15, -0.1) is 0 Å². The zero-order valence-electron chi connectivity index (χ0n) is 21.3. The Kier molecular flexibility index (Phi) is 11.9. The van der Waals surface area contributed by atoms with Crippen LogP contribution in [0.15, 0.2) is 48.5 Å². The van der Waals surface area contributed by atoms with E-state index in [1.807, 2.05) is 0 Å². The summed E-state index contributed by atoms with van der Waals surface area (Å²) in [5.74, 6) is -5.44. The number of nitrogens with two attached hydrogens (primary N) is 1. The van der Waals surface area contributed by atoms with E-state index >= 15 is 0 Å². The van der Waals surface area contributed by atoms with E-state index in [1.165, 1.54) is 48.5 Å². The number of phenols is 2. The second kappa shape index (κ2) is 15.0. The van der Waals surface area contributed by atoms with Gasteiger partial charge in [0.1, 0.15) is 35.7 Å². The first-order valence-corrected chi connectivity index (χ1v) is 12.2. The highest BCUT2D eigenvalue weighted by Gasteiger charge is 2.31. The second-order valence-electron chi connectivity index (χ2n) is 8.98. The number of aliphatic carboxylic acids is 2. The molecule has 14 nitrogen and oxygen atoms in total. The molecule has 40 heavy (non-hydrogen) atoms. The smallest absolute Gasteiger partial charge is 0.326 e. The number of carboxylic acids is 2. The molecule has 3 amide bonds. The minimum Gasteiger partial charge on any atom is -0.508 e. The summed E-state index contributed by atoms with van der Waals surface area (Å²) in [5, 5.41) is 53.9. The molecule has 14 heteroatoms. The number of carbonyl (C=O) groups excluding carboxylic acids is 3. The van der Waals surface area contributed by atoms with Gasteiger partial charge in [0.05, 0.1) is 6.61 Å². The molecule has 0 aliphatic heterocycles. The lowest BCUT2D eigenvalue weighted by molar-refractivity contribution is -0.142. The van der Waals surface area contributed by atoms with Crippen molar-refractivity contribution in [3.8, 4) is 11.5 Å². The van der Waals surface area contributed by atoms with E-state index in [4.69, 9.17) is 15.9 Å². The molecule has 0 aromatic heterocycles. The highest BCUT2D eigenvalue weighted by molar-refractivity contribution is 5.94. The number of carboxylic acid groups (broad SMARTS) is 2. The van der Waals surface area contributed by atoms with Crippen LogP contribution < -0.4 is 21.7 Å². The van der Waals surface area contributed by atoms with Gasteiger partial charge in [-0.05, 0) is 41.8 Å². The molecule has 0 saturated carbocycles. The number of carbonyl (C=O) groups is 5. The highest BCUT2D eigenvalue weighted by atomic mass is 16.4. The van der Waals surface area contributed by atoms with Crippen LogP contribution in [0.3, 0.4) is 0 Å². The Bertz CT molecular complexity index is 1190. The summed E-state index contributed by atoms with van der Waals surface area (Å²) in [7, 11) is 0. The van der Waals surface area contributed by atoms with E-state index < -0.39 is 66.9 Å². The van der Waals surface area contributed by atoms with Crippen LogP contribution in [0.1, 0.15) is 24.0 Å². The van der Waals surface area contributed by atoms with Crippen molar-refractivity contribution in [2.24, 2.45) is 5.73 Å². The van der Waals surface area contributed by atoms with E-state index in [9.17, 15) is 39.3 Å². The van der Waals surface area contributed by atoms with E-state index in [1.54, 1.807) is 0 Å². The first-order valence-electron chi connectivity index (χ1n) is 12.2. The van der Waals surface area contributed by atoms with Gasteiger partial charge in [0.25, 0.3) is 0 Å². The molecule has 2 aromatic carbocycles. The zero-order chi connectivity index (χ0) is 29.8. The molecule has 2 aromatic rings. The van der Waals surface area contributed by atoms with E-state index in [2.05, 4.69) is 16.0 Å². The quantitative estimate of drug-likeness (QED) is 0.123. The normalized spacial score (nSPS) is 13.8. The molecule has 10 N–H and O–H groups in total. The average molecular weight is 561 g/mol. The summed E-state index contributed by atoms with van der Waals surface area (Å²) in [5.41, 5.74) is 6.46. The number of phenolic OH excluding ortho intramolecular Hbond substituents is 2.